The average Bonchev–Trinajstić information content (AvgIpc) is 3.61. The molecule has 4 atom stereocenters. The maximum absolute atomic E-state index is 13.9. The summed E-state index contributed by atoms with van der Waals surface area (Å²) >= 11 is 0. The number of carbonyl (C=O) groups is 1. The van der Waals surface area contributed by atoms with Crippen molar-refractivity contribution < 1.29 is 14.3 Å². The highest BCUT2D eigenvalue weighted by Crippen LogP contribution is 2.53. The maximum atomic E-state index is 13.9. The van der Waals surface area contributed by atoms with Crippen molar-refractivity contribution in [3.05, 3.63) is 107 Å². The fraction of sp³-hybridized carbons (Fsp3) is 0.207. The van der Waals surface area contributed by atoms with Gasteiger partial charge in [0.05, 0.1) is 28.9 Å². The molecular weight excluding hydrogens is 436 g/mol. The summed E-state index contributed by atoms with van der Waals surface area (Å²) in [6, 6.07) is 28.1. The highest BCUT2D eigenvalue weighted by Gasteiger charge is 2.74. The lowest BCUT2D eigenvalue weighted by molar-refractivity contribution is -0.951. The van der Waals surface area contributed by atoms with Crippen LogP contribution in [0.1, 0.15) is 33.0 Å². The van der Waals surface area contributed by atoms with E-state index in [-0.39, 0.29) is 22.6 Å². The average molecular weight is 460 g/mol. The summed E-state index contributed by atoms with van der Waals surface area (Å²) in [6.45, 7) is 1.87. The number of carbonyl (C=O) groups excluding carboxylic acids is 1. The number of para-hydroxylation sites is 2. The molecule has 3 aliphatic rings. The molecule has 1 amide bonds. The minimum absolute atomic E-state index is 0.0255. The van der Waals surface area contributed by atoms with Gasteiger partial charge in [0.2, 0.25) is 6.04 Å². The van der Waals surface area contributed by atoms with Crippen molar-refractivity contribution in [3.8, 4) is 6.07 Å². The van der Waals surface area contributed by atoms with Crippen molar-refractivity contribution >= 4 is 22.5 Å². The van der Waals surface area contributed by atoms with Gasteiger partial charge in [0.25, 0.3) is 0 Å². The molecule has 2 saturated heterocycles. The summed E-state index contributed by atoms with van der Waals surface area (Å²) in [5.41, 5.74) is 5.60. The quantitative estimate of drug-likeness (QED) is 0.331. The van der Waals surface area contributed by atoms with Gasteiger partial charge in [-0.05, 0) is 47.5 Å². The molecule has 7 rings (SSSR count). The molecule has 4 aromatic rings. The Morgan fingerprint density at radius 3 is 2.69 bits per heavy atom. The van der Waals surface area contributed by atoms with E-state index in [1.165, 1.54) is 10.9 Å². The van der Waals surface area contributed by atoms with Gasteiger partial charge in [-0.15, -0.1) is 0 Å². The lowest BCUT2D eigenvalue weighted by Gasteiger charge is -2.48. The molecule has 2 fully saturated rings. The first-order valence-electron chi connectivity index (χ1n) is 12.0. The SMILES string of the molecule is N#Cc1ccc(CO[N+]23CC2C2C(c4ccnc5ccccc45)CN2c2ccccc2C3=O)cc1. The zero-order valence-corrected chi connectivity index (χ0v) is 19.0. The van der Waals surface area contributed by atoms with Gasteiger partial charge in [0, 0.05) is 24.0 Å². The fourth-order valence-corrected chi connectivity index (χ4v) is 5.98. The second-order valence-electron chi connectivity index (χ2n) is 9.62. The van der Waals surface area contributed by atoms with Crippen LogP contribution in [0.4, 0.5) is 5.69 Å². The molecule has 0 spiro atoms. The molecule has 3 aromatic carbocycles. The molecule has 6 heteroatoms. The number of nitrogens with zero attached hydrogens (tertiary/aromatic N) is 4. The van der Waals surface area contributed by atoms with Crippen molar-refractivity contribution in [1.29, 1.82) is 5.26 Å². The van der Waals surface area contributed by atoms with Gasteiger partial charge >= 0.3 is 5.91 Å². The number of aromatic nitrogens is 1. The highest BCUT2D eigenvalue weighted by atomic mass is 16.7. The minimum atomic E-state index is 0.0255. The van der Waals surface area contributed by atoms with E-state index in [9.17, 15) is 4.79 Å². The molecule has 0 N–H and O–H groups in total. The van der Waals surface area contributed by atoms with E-state index in [1.54, 1.807) is 12.1 Å². The van der Waals surface area contributed by atoms with Gasteiger partial charge in [-0.1, -0.05) is 47.1 Å². The first-order valence-corrected chi connectivity index (χ1v) is 12.0. The number of quaternary nitrogens is 1. The molecule has 0 radical (unpaired) electrons. The Balaban J connectivity index is 1.26. The maximum Gasteiger partial charge on any atom is 0.380 e. The van der Waals surface area contributed by atoms with Gasteiger partial charge in [0.1, 0.15) is 12.2 Å². The van der Waals surface area contributed by atoms with Crippen LogP contribution in [0.15, 0.2) is 85.1 Å². The molecule has 4 unspecified atom stereocenters. The Hall–Kier alpha value is -4.05. The number of nitriles is 1. The minimum Gasteiger partial charge on any atom is -0.360 e. The summed E-state index contributed by atoms with van der Waals surface area (Å²) in [5, 5.41) is 10.3. The van der Waals surface area contributed by atoms with Crippen LogP contribution in [0.3, 0.4) is 0 Å². The highest BCUT2D eigenvalue weighted by molar-refractivity contribution is 5.97. The second-order valence-corrected chi connectivity index (χ2v) is 9.62. The summed E-state index contributed by atoms with van der Waals surface area (Å²) in [6.07, 6.45) is 1.90. The summed E-state index contributed by atoms with van der Waals surface area (Å²) in [7, 11) is 0. The Kier molecular flexibility index (Phi) is 4.34. The third-order valence-electron chi connectivity index (χ3n) is 7.83. The van der Waals surface area contributed by atoms with Crippen molar-refractivity contribution in [2.75, 3.05) is 18.0 Å². The summed E-state index contributed by atoms with van der Waals surface area (Å²) in [5.74, 6) is 0.331. The summed E-state index contributed by atoms with van der Waals surface area (Å²) < 4.78 is 0.0255. The number of pyridine rings is 1. The van der Waals surface area contributed by atoms with E-state index in [1.807, 2.05) is 42.6 Å². The Morgan fingerprint density at radius 2 is 1.83 bits per heavy atom. The lowest BCUT2D eigenvalue weighted by Crippen LogP contribution is -2.59. The van der Waals surface area contributed by atoms with Gasteiger partial charge in [-0.2, -0.15) is 10.1 Å². The van der Waals surface area contributed by atoms with Gasteiger partial charge in [0.15, 0.2) is 6.54 Å². The fourth-order valence-electron chi connectivity index (χ4n) is 5.98. The number of anilines is 1. The van der Waals surface area contributed by atoms with Crippen LogP contribution in [0.25, 0.3) is 10.9 Å². The first kappa shape index (κ1) is 20.3. The molecule has 35 heavy (non-hydrogen) atoms. The van der Waals surface area contributed by atoms with Crippen LogP contribution in [-0.4, -0.2) is 40.7 Å². The van der Waals surface area contributed by atoms with Crippen molar-refractivity contribution in [3.63, 3.8) is 0 Å². The molecule has 0 saturated carbocycles. The van der Waals surface area contributed by atoms with Gasteiger partial charge in [-0.25, -0.2) is 4.79 Å². The third-order valence-corrected chi connectivity index (χ3v) is 7.83. The van der Waals surface area contributed by atoms with Crippen molar-refractivity contribution in [2.24, 2.45) is 0 Å². The summed E-state index contributed by atoms with van der Waals surface area (Å²) in [4.78, 5) is 27.3. The second kappa shape index (κ2) is 7.47. The zero-order chi connectivity index (χ0) is 23.6. The topological polar surface area (TPSA) is 66.2 Å². The molecule has 170 valence electrons. The smallest absolute Gasteiger partial charge is 0.360 e. The van der Waals surface area contributed by atoms with Gasteiger partial charge < -0.3 is 4.90 Å². The standard InChI is InChI=1S/C29H23N4O2/c30-15-19-9-11-20(12-10-19)18-35-33-17-27(33)28-24(21-13-14-31-25-7-3-1-5-22(21)25)16-32(28)26-8-4-2-6-23(26)29(33)34/h1-14,24,27-28H,16-18H2/q+1. The van der Waals surface area contributed by atoms with E-state index in [0.29, 0.717) is 24.6 Å². The Morgan fingerprint density at radius 1 is 1.03 bits per heavy atom. The molecule has 1 aromatic heterocycles. The molecule has 0 aliphatic carbocycles. The largest absolute Gasteiger partial charge is 0.380 e. The first-order chi connectivity index (χ1) is 17.2. The van der Waals surface area contributed by atoms with Crippen LogP contribution >= 0.6 is 0 Å². The van der Waals surface area contributed by atoms with E-state index < -0.39 is 0 Å². The molecule has 3 aliphatic heterocycles. The molecule has 6 nitrogen and oxygen atoms in total. The number of rotatable bonds is 4. The molecular formula is C29H23N4O2+. The van der Waals surface area contributed by atoms with Gasteiger partial charge in [-0.3, -0.25) is 4.98 Å². The monoisotopic (exact) mass is 459 g/mol. The van der Waals surface area contributed by atoms with Crippen molar-refractivity contribution in [2.45, 2.75) is 24.6 Å². The molecule has 0 bridgehead atoms. The van der Waals surface area contributed by atoms with E-state index in [2.05, 4.69) is 46.3 Å². The zero-order valence-electron chi connectivity index (χ0n) is 19.0. The predicted molar refractivity (Wildman–Crippen MR) is 131 cm³/mol. The lowest BCUT2D eigenvalue weighted by atomic mass is 9.79. The van der Waals surface area contributed by atoms with Crippen LogP contribution in [0, 0.1) is 11.3 Å². The van der Waals surface area contributed by atoms with Crippen LogP contribution < -0.4 is 4.90 Å². The number of hydrogen-bond acceptors (Lipinski definition) is 5. The third kappa shape index (κ3) is 2.96. The molecule has 4 heterocycles. The van der Waals surface area contributed by atoms with E-state index >= 15 is 0 Å². The van der Waals surface area contributed by atoms with Crippen LogP contribution in [0.5, 0.6) is 0 Å². The van der Waals surface area contributed by atoms with Crippen molar-refractivity contribution in [1.82, 2.24) is 4.98 Å². The van der Waals surface area contributed by atoms with Crippen LogP contribution in [0.2, 0.25) is 0 Å². The number of benzene rings is 3. The number of hydroxylamine groups is 3. The predicted octanol–water partition coefficient (Wildman–Crippen LogP) is 4.56. The normalized spacial score (nSPS) is 26.1. The van der Waals surface area contributed by atoms with E-state index in [0.717, 1.165) is 28.9 Å². The number of hydrogen-bond donors (Lipinski definition) is 0. The number of fused-ring (bicyclic) bond motifs is 6. The van der Waals surface area contributed by atoms with E-state index in [4.69, 9.17) is 10.1 Å². The Bertz CT molecular complexity index is 1520. The van der Waals surface area contributed by atoms with Crippen LogP contribution in [-0.2, 0) is 11.4 Å². The number of amides is 1. The Labute approximate surface area is 203 Å².